The molecule has 100 valence electrons. The molecule has 0 saturated carbocycles. The maximum atomic E-state index is 13.2. The van der Waals surface area contributed by atoms with Crippen LogP contribution in [0.5, 0.6) is 0 Å². The van der Waals surface area contributed by atoms with Crippen molar-refractivity contribution in [3.05, 3.63) is 34.6 Å². The lowest BCUT2D eigenvalue weighted by Gasteiger charge is -2.26. The van der Waals surface area contributed by atoms with Gasteiger partial charge in [-0.1, -0.05) is 30.2 Å². The third kappa shape index (κ3) is 3.94. The van der Waals surface area contributed by atoms with Gasteiger partial charge in [0.05, 0.1) is 5.02 Å². The largest absolute Gasteiger partial charge is 0.311 e. The van der Waals surface area contributed by atoms with E-state index in [0.717, 1.165) is 18.7 Å². The standard InChI is InChI=1S/C14H20ClFN2/c15-14-12(5-4-6-13(14)16)11-17-7-10-18-8-2-1-3-9-18/h4-6,17H,1-3,7-11H2. The summed E-state index contributed by atoms with van der Waals surface area (Å²) in [6.07, 6.45) is 3.99. The molecule has 1 heterocycles. The SMILES string of the molecule is Fc1cccc(CNCCN2CCCCC2)c1Cl. The predicted octanol–water partition coefficient (Wildman–Crippen LogP) is 3.05. The van der Waals surface area contributed by atoms with E-state index in [-0.39, 0.29) is 10.8 Å². The molecule has 0 bridgehead atoms. The van der Waals surface area contributed by atoms with Crippen molar-refractivity contribution in [1.29, 1.82) is 0 Å². The lowest BCUT2D eigenvalue weighted by molar-refractivity contribution is 0.229. The molecule has 1 aromatic carbocycles. The van der Waals surface area contributed by atoms with Gasteiger partial charge in [0.15, 0.2) is 0 Å². The molecule has 2 nitrogen and oxygen atoms in total. The molecule has 1 aromatic rings. The summed E-state index contributed by atoms with van der Waals surface area (Å²) in [5.41, 5.74) is 0.829. The summed E-state index contributed by atoms with van der Waals surface area (Å²) in [6, 6.07) is 4.95. The molecule has 4 heteroatoms. The normalized spacial score (nSPS) is 17.0. The molecule has 1 N–H and O–H groups in total. The molecule has 0 atom stereocenters. The van der Waals surface area contributed by atoms with Crippen LogP contribution in [-0.4, -0.2) is 31.1 Å². The molecule has 2 rings (SSSR count). The van der Waals surface area contributed by atoms with E-state index in [0.29, 0.717) is 6.54 Å². The highest BCUT2D eigenvalue weighted by atomic mass is 35.5. The number of hydrogen-bond acceptors (Lipinski definition) is 2. The third-order valence-electron chi connectivity index (χ3n) is 3.40. The van der Waals surface area contributed by atoms with E-state index in [4.69, 9.17) is 11.6 Å². The molecule has 0 aromatic heterocycles. The molecular weight excluding hydrogens is 251 g/mol. The first kappa shape index (κ1) is 13.8. The average molecular weight is 271 g/mol. The van der Waals surface area contributed by atoms with Crippen LogP contribution in [0, 0.1) is 5.82 Å². The number of rotatable bonds is 5. The average Bonchev–Trinajstić information content (AvgIpc) is 2.40. The first-order valence-corrected chi connectivity index (χ1v) is 7.01. The monoisotopic (exact) mass is 270 g/mol. The topological polar surface area (TPSA) is 15.3 Å². The smallest absolute Gasteiger partial charge is 0.142 e. The minimum Gasteiger partial charge on any atom is -0.311 e. The second-order valence-electron chi connectivity index (χ2n) is 4.79. The molecule has 1 saturated heterocycles. The van der Waals surface area contributed by atoms with Crippen LogP contribution in [0.2, 0.25) is 5.02 Å². The van der Waals surface area contributed by atoms with Gasteiger partial charge in [0.25, 0.3) is 0 Å². The fourth-order valence-electron chi connectivity index (χ4n) is 2.33. The number of likely N-dealkylation sites (tertiary alicyclic amines) is 1. The zero-order chi connectivity index (χ0) is 12.8. The van der Waals surface area contributed by atoms with Crippen molar-refractivity contribution in [2.75, 3.05) is 26.2 Å². The molecule has 0 aliphatic carbocycles. The quantitative estimate of drug-likeness (QED) is 0.828. The van der Waals surface area contributed by atoms with Crippen LogP contribution in [-0.2, 0) is 6.54 Å². The lowest BCUT2D eigenvalue weighted by Crippen LogP contribution is -2.35. The molecule has 0 radical (unpaired) electrons. The molecule has 1 aliphatic heterocycles. The Hall–Kier alpha value is -0.640. The molecule has 0 spiro atoms. The van der Waals surface area contributed by atoms with Gasteiger partial charge in [-0.2, -0.15) is 0 Å². The summed E-state index contributed by atoms with van der Waals surface area (Å²) in [4.78, 5) is 2.48. The summed E-state index contributed by atoms with van der Waals surface area (Å²) in [7, 11) is 0. The lowest BCUT2D eigenvalue weighted by atomic mass is 10.1. The fourth-order valence-corrected chi connectivity index (χ4v) is 2.52. The van der Waals surface area contributed by atoms with E-state index in [1.165, 1.54) is 38.4 Å². The molecule has 1 fully saturated rings. The minimum absolute atomic E-state index is 0.239. The van der Waals surface area contributed by atoms with Crippen LogP contribution in [0.4, 0.5) is 4.39 Å². The maximum absolute atomic E-state index is 13.2. The summed E-state index contributed by atoms with van der Waals surface area (Å²) >= 11 is 5.90. The molecule has 0 amide bonds. The van der Waals surface area contributed by atoms with Gasteiger partial charge in [-0.3, -0.25) is 0 Å². The van der Waals surface area contributed by atoms with Crippen molar-refractivity contribution in [1.82, 2.24) is 10.2 Å². The first-order valence-electron chi connectivity index (χ1n) is 6.63. The number of piperidine rings is 1. The fraction of sp³-hybridized carbons (Fsp3) is 0.571. The Morgan fingerprint density at radius 3 is 2.78 bits per heavy atom. The van der Waals surface area contributed by atoms with E-state index in [1.807, 2.05) is 6.07 Å². The predicted molar refractivity (Wildman–Crippen MR) is 73.4 cm³/mol. The van der Waals surface area contributed by atoms with E-state index in [9.17, 15) is 4.39 Å². The van der Waals surface area contributed by atoms with Crippen molar-refractivity contribution < 1.29 is 4.39 Å². The van der Waals surface area contributed by atoms with Gasteiger partial charge in [-0.25, -0.2) is 4.39 Å². The summed E-state index contributed by atoms with van der Waals surface area (Å²) in [6.45, 7) is 5.04. The number of nitrogens with one attached hydrogen (secondary N) is 1. The van der Waals surface area contributed by atoms with E-state index in [1.54, 1.807) is 6.07 Å². The Bertz CT molecular complexity index is 378. The second-order valence-corrected chi connectivity index (χ2v) is 5.17. The number of halogens is 2. The van der Waals surface area contributed by atoms with Crippen LogP contribution >= 0.6 is 11.6 Å². The number of nitrogens with zero attached hydrogens (tertiary/aromatic N) is 1. The van der Waals surface area contributed by atoms with Crippen molar-refractivity contribution in [3.8, 4) is 0 Å². The molecule has 0 unspecified atom stereocenters. The van der Waals surface area contributed by atoms with E-state index >= 15 is 0 Å². The Morgan fingerprint density at radius 1 is 1.22 bits per heavy atom. The zero-order valence-corrected chi connectivity index (χ0v) is 11.3. The van der Waals surface area contributed by atoms with Crippen molar-refractivity contribution in [2.24, 2.45) is 0 Å². The van der Waals surface area contributed by atoms with Gasteiger partial charge >= 0.3 is 0 Å². The zero-order valence-electron chi connectivity index (χ0n) is 10.6. The van der Waals surface area contributed by atoms with Crippen molar-refractivity contribution in [3.63, 3.8) is 0 Å². The Labute approximate surface area is 113 Å². The Kier molecular flexibility index (Phi) is 5.42. The van der Waals surface area contributed by atoms with Gasteiger partial charge in [-0.05, 0) is 37.6 Å². The highest BCUT2D eigenvalue weighted by Crippen LogP contribution is 2.19. The van der Waals surface area contributed by atoms with Crippen LogP contribution in [0.25, 0.3) is 0 Å². The van der Waals surface area contributed by atoms with Gasteiger partial charge in [0, 0.05) is 19.6 Å². The van der Waals surface area contributed by atoms with Crippen LogP contribution in [0.3, 0.4) is 0 Å². The van der Waals surface area contributed by atoms with Gasteiger partial charge in [-0.15, -0.1) is 0 Å². The molecule has 1 aliphatic rings. The summed E-state index contributed by atoms with van der Waals surface area (Å²) < 4.78 is 13.2. The van der Waals surface area contributed by atoms with Crippen LogP contribution < -0.4 is 5.32 Å². The van der Waals surface area contributed by atoms with Crippen LogP contribution in [0.15, 0.2) is 18.2 Å². The van der Waals surface area contributed by atoms with Crippen LogP contribution in [0.1, 0.15) is 24.8 Å². The van der Waals surface area contributed by atoms with Gasteiger partial charge < -0.3 is 10.2 Å². The van der Waals surface area contributed by atoms with Crippen molar-refractivity contribution >= 4 is 11.6 Å². The minimum atomic E-state index is -0.341. The van der Waals surface area contributed by atoms with Gasteiger partial charge in [0.2, 0.25) is 0 Å². The number of hydrogen-bond donors (Lipinski definition) is 1. The van der Waals surface area contributed by atoms with E-state index < -0.39 is 0 Å². The maximum Gasteiger partial charge on any atom is 0.142 e. The summed E-state index contributed by atoms with van der Waals surface area (Å²) in [5, 5.41) is 3.56. The van der Waals surface area contributed by atoms with E-state index in [2.05, 4.69) is 10.2 Å². The third-order valence-corrected chi connectivity index (χ3v) is 3.82. The second kappa shape index (κ2) is 7.07. The Morgan fingerprint density at radius 2 is 2.00 bits per heavy atom. The summed E-state index contributed by atoms with van der Waals surface area (Å²) in [5.74, 6) is -0.341. The first-order chi connectivity index (χ1) is 8.77. The highest BCUT2D eigenvalue weighted by molar-refractivity contribution is 6.31. The Balaban J connectivity index is 1.70. The molecular formula is C14H20ClFN2. The van der Waals surface area contributed by atoms with Crippen molar-refractivity contribution in [2.45, 2.75) is 25.8 Å². The number of benzene rings is 1. The molecule has 18 heavy (non-hydrogen) atoms. The van der Waals surface area contributed by atoms with Gasteiger partial charge in [0.1, 0.15) is 5.82 Å². The highest BCUT2D eigenvalue weighted by Gasteiger charge is 2.09.